The summed E-state index contributed by atoms with van der Waals surface area (Å²) in [7, 11) is 0. The highest BCUT2D eigenvalue weighted by Gasteiger charge is 2.22. The smallest absolute Gasteiger partial charge is 0.313 e. The predicted molar refractivity (Wildman–Crippen MR) is 72.8 cm³/mol. The molecule has 0 saturated heterocycles. The minimum absolute atomic E-state index is 0.0564. The van der Waals surface area contributed by atoms with Crippen molar-refractivity contribution in [2.45, 2.75) is 38.4 Å². The maximum Gasteiger partial charge on any atom is 0.313 e. The van der Waals surface area contributed by atoms with Crippen LogP contribution in [0.1, 0.15) is 37.4 Å². The van der Waals surface area contributed by atoms with Crippen molar-refractivity contribution in [1.82, 2.24) is 19.7 Å². The average Bonchev–Trinajstić information content (AvgIpc) is 3.01. The minimum Gasteiger partial charge on any atom is -0.481 e. The Bertz CT molecular complexity index is 608. The third kappa shape index (κ3) is 3.01. The lowest BCUT2D eigenvalue weighted by Gasteiger charge is -2.14. The predicted octanol–water partition coefficient (Wildman–Crippen LogP) is 1.92. The monoisotopic (exact) mass is 296 g/mol. The summed E-state index contributed by atoms with van der Waals surface area (Å²) in [6.45, 7) is 5.73. The van der Waals surface area contributed by atoms with E-state index in [4.69, 9.17) is 9.52 Å². The zero-order chi connectivity index (χ0) is 14.7. The molecule has 8 heteroatoms. The van der Waals surface area contributed by atoms with Crippen LogP contribution in [0, 0.1) is 6.92 Å². The molecule has 2 rings (SSSR count). The lowest BCUT2D eigenvalue weighted by Crippen LogP contribution is -2.12. The molecular weight excluding hydrogens is 280 g/mol. The minimum atomic E-state index is -0.887. The Balaban J connectivity index is 2.32. The van der Waals surface area contributed by atoms with E-state index in [1.165, 1.54) is 0 Å². The number of carboxylic acid groups (broad SMARTS) is 1. The van der Waals surface area contributed by atoms with Crippen molar-refractivity contribution < 1.29 is 14.3 Å². The Morgan fingerprint density at radius 1 is 1.55 bits per heavy atom. The van der Waals surface area contributed by atoms with Gasteiger partial charge in [-0.05, 0) is 13.8 Å². The molecule has 0 aliphatic carbocycles. The van der Waals surface area contributed by atoms with Crippen LogP contribution in [0.2, 0.25) is 0 Å². The molecule has 2 aromatic rings. The highest BCUT2D eigenvalue weighted by Crippen LogP contribution is 2.26. The van der Waals surface area contributed by atoms with Gasteiger partial charge in [0.1, 0.15) is 17.6 Å². The molecule has 1 unspecified atom stereocenters. The number of thioether (sulfide) groups is 1. The maximum absolute atomic E-state index is 10.7. The lowest BCUT2D eigenvalue weighted by atomic mass is 10.3. The molecule has 1 atom stereocenters. The number of hydrogen-bond donors (Lipinski definition) is 1. The number of nitrogens with zero attached hydrogens (tertiary/aromatic N) is 4. The van der Waals surface area contributed by atoms with Gasteiger partial charge in [-0.15, -0.1) is 10.2 Å². The van der Waals surface area contributed by atoms with Gasteiger partial charge in [-0.25, -0.2) is 4.98 Å². The summed E-state index contributed by atoms with van der Waals surface area (Å²) in [4.78, 5) is 14.9. The van der Waals surface area contributed by atoms with Crippen LogP contribution in [0.5, 0.6) is 0 Å². The summed E-state index contributed by atoms with van der Waals surface area (Å²) in [5.41, 5.74) is 0. The second-order valence-corrected chi connectivity index (χ2v) is 5.23. The Labute approximate surface area is 120 Å². The van der Waals surface area contributed by atoms with Gasteiger partial charge in [0.25, 0.3) is 0 Å². The van der Waals surface area contributed by atoms with Crippen LogP contribution in [-0.4, -0.2) is 36.6 Å². The van der Waals surface area contributed by atoms with Crippen LogP contribution in [0.4, 0.5) is 0 Å². The average molecular weight is 296 g/mol. The molecular formula is C12H16N4O3S. The number of carbonyl (C=O) groups is 1. The molecule has 0 bridgehead atoms. The molecule has 0 aromatic carbocycles. The quantitative estimate of drug-likeness (QED) is 0.814. The van der Waals surface area contributed by atoms with E-state index >= 15 is 0 Å². The highest BCUT2D eigenvalue weighted by molar-refractivity contribution is 7.99. The van der Waals surface area contributed by atoms with Crippen molar-refractivity contribution in [2.24, 2.45) is 0 Å². The first-order valence-electron chi connectivity index (χ1n) is 6.23. The van der Waals surface area contributed by atoms with Crippen molar-refractivity contribution in [3.8, 4) is 0 Å². The summed E-state index contributed by atoms with van der Waals surface area (Å²) < 4.78 is 7.41. The molecule has 7 nitrogen and oxygen atoms in total. The number of aryl methyl sites for hydroxylation is 2. The second-order valence-electron chi connectivity index (χ2n) is 4.29. The Morgan fingerprint density at radius 2 is 2.30 bits per heavy atom. The highest BCUT2D eigenvalue weighted by atomic mass is 32.2. The third-order valence-corrected chi connectivity index (χ3v) is 3.69. The molecule has 0 radical (unpaired) electrons. The zero-order valence-corrected chi connectivity index (χ0v) is 12.3. The van der Waals surface area contributed by atoms with Crippen molar-refractivity contribution in [2.75, 3.05) is 5.75 Å². The van der Waals surface area contributed by atoms with Crippen LogP contribution in [-0.2, 0) is 11.2 Å². The van der Waals surface area contributed by atoms with Crippen LogP contribution < -0.4 is 0 Å². The SMILES string of the molecule is CCc1nnc(SCC(=O)O)n1C(C)c1ncc(C)o1. The first-order valence-corrected chi connectivity index (χ1v) is 7.22. The first kappa shape index (κ1) is 14.6. The molecule has 0 amide bonds. The van der Waals surface area contributed by atoms with Crippen molar-refractivity contribution in [3.05, 3.63) is 23.7 Å². The molecule has 2 aromatic heterocycles. The topological polar surface area (TPSA) is 94.0 Å². The van der Waals surface area contributed by atoms with E-state index in [1.807, 2.05) is 25.3 Å². The number of carboxylic acids is 1. The van der Waals surface area contributed by atoms with E-state index in [1.54, 1.807) is 6.20 Å². The van der Waals surface area contributed by atoms with E-state index in [0.717, 1.165) is 23.3 Å². The van der Waals surface area contributed by atoms with Gasteiger partial charge in [0.05, 0.1) is 11.9 Å². The van der Waals surface area contributed by atoms with E-state index in [0.29, 0.717) is 17.5 Å². The fraction of sp³-hybridized carbons (Fsp3) is 0.500. The summed E-state index contributed by atoms with van der Waals surface area (Å²) in [5.74, 6) is 1.13. The molecule has 1 N–H and O–H groups in total. The van der Waals surface area contributed by atoms with E-state index in [-0.39, 0.29) is 11.8 Å². The molecule has 0 aliphatic rings. The van der Waals surface area contributed by atoms with Gasteiger partial charge < -0.3 is 9.52 Å². The van der Waals surface area contributed by atoms with Gasteiger partial charge in [-0.3, -0.25) is 9.36 Å². The molecule has 0 saturated carbocycles. The van der Waals surface area contributed by atoms with Crippen LogP contribution in [0.3, 0.4) is 0 Å². The number of rotatable bonds is 6. The molecule has 0 spiro atoms. The van der Waals surface area contributed by atoms with Crippen LogP contribution in [0.25, 0.3) is 0 Å². The van der Waals surface area contributed by atoms with E-state index in [2.05, 4.69) is 15.2 Å². The van der Waals surface area contributed by atoms with Crippen molar-refractivity contribution in [3.63, 3.8) is 0 Å². The second kappa shape index (κ2) is 6.08. The number of aromatic nitrogens is 4. The Kier molecular flexibility index (Phi) is 4.43. The summed E-state index contributed by atoms with van der Waals surface area (Å²) in [6.07, 6.45) is 2.36. The van der Waals surface area contributed by atoms with Gasteiger partial charge in [-0.2, -0.15) is 0 Å². The van der Waals surface area contributed by atoms with Crippen LogP contribution >= 0.6 is 11.8 Å². The summed E-state index contributed by atoms with van der Waals surface area (Å²) >= 11 is 1.14. The van der Waals surface area contributed by atoms with Gasteiger partial charge in [0.2, 0.25) is 5.89 Å². The zero-order valence-electron chi connectivity index (χ0n) is 11.5. The van der Waals surface area contributed by atoms with Gasteiger partial charge >= 0.3 is 5.97 Å². The fourth-order valence-corrected chi connectivity index (χ4v) is 2.59. The standard InChI is InChI=1S/C12H16N4O3S/c1-4-9-14-15-12(20-6-10(17)18)16(9)8(3)11-13-5-7(2)19-11/h5,8H,4,6H2,1-3H3,(H,17,18). The molecule has 2 heterocycles. The molecule has 108 valence electrons. The summed E-state index contributed by atoms with van der Waals surface area (Å²) in [5, 5.41) is 17.5. The van der Waals surface area contributed by atoms with E-state index < -0.39 is 5.97 Å². The third-order valence-electron chi connectivity index (χ3n) is 2.76. The normalized spacial score (nSPS) is 12.6. The largest absolute Gasteiger partial charge is 0.481 e. The summed E-state index contributed by atoms with van der Waals surface area (Å²) in [6, 6.07) is -0.176. The van der Waals surface area contributed by atoms with Crippen molar-refractivity contribution >= 4 is 17.7 Å². The molecule has 0 fully saturated rings. The molecule has 0 aliphatic heterocycles. The lowest BCUT2D eigenvalue weighted by molar-refractivity contribution is -0.133. The number of hydrogen-bond acceptors (Lipinski definition) is 6. The Hall–Kier alpha value is -1.83. The van der Waals surface area contributed by atoms with Gasteiger partial charge in [0.15, 0.2) is 5.16 Å². The fourth-order valence-electron chi connectivity index (χ4n) is 1.84. The van der Waals surface area contributed by atoms with E-state index in [9.17, 15) is 4.79 Å². The van der Waals surface area contributed by atoms with Crippen molar-refractivity contribution in [1.29, 1.82) is 0 Å². The number of aliphatic carboxylic acids is 1. The van der Waals surface area contributed by atoms with Gasteiger partial charge in [0, 0.05) is 6.42 Å². The molecule has 20 heavy (non-hydrogen) atoms. The van der Waals surface area contributed by atoms with Crippen LogP contribution in [0.15, 0.2) is 15.8 Å². The first-order chi connectivity index (χ1) is 9.52. The van der Waals surface area contributed by atoms with Gasteiger partial charge in [-0.1, -0.05) is 18.7 Å². The number of oxazole rings is 1. The maximum atomic E-state index is 10.7. The Morgan fingerprint density at radius 3 is 2.85 bits per heavy atom.